The van der Waals surface area contributed by atoms with Gasteiger partial charge in [-0.1, -0.05) is 23.7 Å². The molecule has 0 saturated carbocycles. The highest BCUT2D eigenvalue weighted by Gasteiger charge is 2.14. The summed E-state index contributed by atoms with van der Waals surface area (Å²) in [6.07, 6.45) is 0. The Hall–Kier alpha value is -2.33. The molecule has 5 heteroatoms. The first-order valence-electron chi connectivity index (χ1n) is 6.85. The van der Waals surface area contributed by atoms with Gasteiger partial charge in [0.25, 0.3) is 5.91 Å². The lowest BCUT2D eigenvalue weighted by atomic mass is 10.1. The third-order valence-electron chi connectivity index (χ3n) is 3.61. The summed E-state index contributed by atoms with van der Waals surface area (Å²) >= 11 is 5.83. The molecule has 0 saturated heterocycles. The fourth-order valence-electron chi connectivity index (χ4n) is 2.40. The molecule has 0 aliphatic rings. The molecule has 3 nitrogen and oxygen atoms in total. The van der Waals surface area contributed by atoms with Crippen LogP contribution in [0.15, 0.2) is 42.5 Å². The maximum absolute atomic E-state index is 13.3. The number of nitrogens with one attached hydrogen (secondary N) is 2. The maximum atomic E-state index is 13.3. The van der Waals surface area contributed by atoms with Crippen molar-refractivity contribution in [2.45, 2.75) is 13.5 Å². The van der Waals surface area contributed by atoms with Crippen LogP contribution in [-0.4, -0.2) is 10.9 Å². The predicted octanol–water partition coefficient (Wildman–Crippen LogP) is 4.20. The number of H-pyrrole nitrogens is 1. The molecule has 0 spiro atoms. The zero-order chi connectivity index (χ0) is 15.7. The highest BCUT2D eigenvalue weighted by atomic mass is 35.5. The van der Waals surface area contributed by atoms with Crippen molar-refractivity contribution in [1.29, 1.82) is 0 Å². The van der Waals surface area contributed by atoms with Crippen LogP contribution in [0.4, 0.5) is 4.39 Å². The smallest absolute Gasteiger partial charge is 0.268 e. The van der Waals surface area contributed by atoms with E-state index in [4.69, 9.17) is 11.6 Å². The van der Waals surface area contributed by atoms with E-state index in [0.29, 0.717) is 17.3 Å². The molecule has 3 aromatic rings. The Balaban J connectivity index is 1.80. The van der Waals surface area contributed by atoms with Crippen LogP contribution in [0, 0.1) is 12.7 Å². The van der Waals surface area contributed by atoms with Crippen molar-refractivity contribution in [2.75, 3.05) is 0 Å². The van der Waals surface area contributed by atoms with Crippen LogP contribution in [-0.2, 0) is 6.54 Å². The largest absolute Gasteiger partial charge is 0.350 e. The van der Waals surface area contributed by atoms with E-state index in [-0.39, 0.29) is 11.7 Å². The van der Waals surface area contributed by atoms with Crippen LogP contribution < -0.4 is 5.32 Å². The second-order valence-corrected chi connectivity index (χ2v) is 5.56. The number of benzene rings is 2. The summed E-state index contributed by atoms with van der Waals surface area (Å²) in [6, 6.07) is 11.7. The Morgan fingerprint density at radius 2 is 1.95 bits per heavy atom. The topological polar surface area (TPSA) is 44.9 Å². The van der Waals surface area contributed by atoms with E-state index in [1.165, 1.54) is 12.1 Å². The summed E-state index contributed by atoms with van der Waals surface area (Å²) in [5, 5.41) is 4.22. The number of hydrogen-bond donors (Lipinski definition) is 2. The first-order valence-corrected chi connectivity index (χ1v) is 7.23. The van der Waals surface area contributed by atoms with Crippen molar-refractivity contribution in [3.63, 3.8) is 0 Å². The predicted molar refractivity (Wildman–Crippen MR) is 85.6 cm³/mol. The van der Waals surface area contributed by atoms with E-state index in [1.807, 2.05) is 12.1 Å². The normalized spacial score (nSPS) is 10.9. The van der Waals surface area contributed by atoms with Crippen molar-refractivity contribution >= 4 is 28.4 Å². The molecule has 0 aliphatic heterocycles. The molecule has 1 heterocycles. The highest BCUT2D eigenvalue weighted by Crippen LogP contribution is 2.22. The standard InChI is InChI=1S/C17H14ClFN2O/c1-10-14-8-13(19)6-7-15(14)21-16(10)17(22)20-9-11-2-4-12(18)5-3-11/h2-8,21H,9H2,1H3,(H,20,22). The lowest BCUT2D eigenvalue weighted by Crippen LogP contribution is -2.23. The Morgan fingerprint density at radius 3 is 2.68 bits per heavy atom. The number of rotatable bonds is 3. The summed E-state index contributed by atoms with van der Waals surface area (Å²) in [4.78, 5) is 15.3. The molecule has 2 N–H and O–H groups in total. The maximum Gasteiger partial charge on any atom is 0.268 e. The number of aryl methyl sites for hydroxylation is 1. The van der Waals surface area contributed by atoms with Crippen molar-refractivity contribution in [3.05, 3.63) is 70.1 Å². The number of aromatic nitrogens is 1. The quantitative estimate of drug-likeness (QED) is 0.747. The van der Waals surface area contributed by atoms with Crippen molar-refractivity contribution < 1.29 is 9.18 Å². The summed E-state index contributed by atoms with van der Waals surface area (Å²) in [5.41, 5.74) is 2.89. The fourth-order valence-corrected chi connectivity index (χ4v) is 2.52. The van der Waals surface area contributed by atoms with Crippen LogP contribution in [0.3, 0.4) is 0 Å². The Labute approximate surface area is 132 Å². The van der Waals surface area contributed by atoms with Gasteiger partial charge < -0.3 is 10.3 Å². The second kappa shape index (κ2) is 5.81. The molecule has 22 heavy (non-hydrogen) atoms. The second-order valence-electron chi connectivity index (χ2n) is 5.12. The molecule has 0 unspecified atom stereocenters. The van der Waals surface area contributed by atoms with Gasteiger partial charge in [0.1, 0.15) is 11.5 Å². The summed E-state index contributed by atoms with van der Waals surface area (Å²) in [7, 11) is 0. The van der Waals surface area contributed by atoms with Gasteiger partial charge in [0.2, 0.25) is 0 Å². The SMILES string of the molecule is Cc1c(C(=O)NCc2ccc(Cl)cc2)[nH]c2ccc(F)cc12. The van der Waals surface area contributed by atoms with E-state index in [2.05, 4.69) is 10.3 Å². The lowest BCUT2D eigenvalue weighted by Gasteiger charge is -2.05. The summed E-state index contributed by atoms with van der Waals surface area (Å²) in [6.45, 7) is 2.20. The molecular weight excluding hydrogens is 303 g/mol. The molecule has 112 valence electrons. The van der Waals surface area contributed by atoms with Gasteiger partial charge in [-0.2, -0.15) is 0 Å². The van der Waals surface area contributed by atoms with Crippen molar-refractivity contribution in [1.82, 2.24) is 10.3 Å². The average Bonchev–Trinajstić information content (AvgIpc) is 2.83. The number of carbonyl (C=O) groups excluding carboxylic acids is 1. The minimum Gasteiger partial charge on any atom is -0.350 e. The zero-order valence-corrected chi connectivity index (χ0v) is 12.7. The Morgan fingerprint density at radius 1 is 1.23 bits per heavy atom. The lowest BCUT2D eigenvalue weighted by molar-refractivity contribution is 0.0946. The van der Waals surface area contributed by atoms with E-state index in [0.717, 1.165) is 22.0 Å². The first-order chi connectivity index (χ1) is 10.5. The van der Waals surface area contributed by atoms with Gasteiger partial charge in [-0.15, -0.1) is 0 Å². The molecule has 0 atom stereocenters. The van der Waals surface area contributed by atoms with Crippen molar-refractivity contribution in [3.8, 4) is 0 Å². The molecule has 3 rings (SSSR count). The molecule has 1 amide bonds. The average molecular weight is 317 g/mol. The summed E-state index contributed by atoms with van der Waals surface area (Å²) in [5.74, 6) is -0.535. The molecule has 0 radical (unpaired) electrons. The minimum atomic E-state index is -0.317. The van der Waals surface area contributed by atoms with E-state index in [1.54, 1.807) is 25.1 Å². The molecule has 1 aromatic heterocycles. The number of carbonyl (C=O) groups is 1. The fraction of sp³-hybridized carbons (Fsp3) is 0.118. The monoisotopic (exact) mass is 316 g/mol. The molecule has 0 fully saturated rings. The van der Waals surface area contributed by atoms with Gasteiger partial charge in [0, 0.05) is 22.5 Å². The third kappa shape index (κ3) is 2.83. The first kappa shape index (κ1) is 14.6. The Bertz CT molecular complexity index is 840. The van der Waals surface area contributed by atoms with Crippen LogP contribution >= 0.6 is 11.6 Å². The molecule has 0 bridgehead atoms. The van der Waals surface area contributed by atoms with E-state index < -0.39 is 0 Å². The van der Waals surface area contributed by atoms with Gasteiger partial charge in [-0.25, -0.2) is 4.39 Å². The number of amides is 1. The van der Waals surface area contributed by atoms with Crippen LogP contribution in [0.2, 0.25) is 5.02 Å². The highest BCUT2D eigenvalue weighted by molar-refractivity contribution is 6.30. The van der Waals surface area contributed by atoms with Crippen LogP contribution in [0.5, 0.6) is 0 Å². The zero-order valence-electron chi connectivity index (χ0n) is 11.9. The number of halogens is 2. The van der Waals surface area contributed by atoms with E-state index >= 15 is 0 Å². The van der Waals surface area contributed by atoms with Crippen molar-refractivity contribution in [2.24, 2.45) is 0 Å². The van der Waals surface area contributed by atoms with Gasteiger partial charge in [0.15, 0.2) is 0 Å². The van der Waals surface area contributed by atoms with Gasteiger partial charge in [-0.05, 0) is 48.4 Å². The third-order valence-corrected chi connectivity index (χ3v) is 3.87. The van der Waals surface area contributed by atoms with Crippen LogP contribution in [0.25, 0.3) is 10.9 Å². The summed E-state index contributed by atoms with van der Waals surface area (Å²) < 4.78 is 13.3. The number of aromatic amines is 1. The van der Waals surface area contributed by atoms with Gasteiger partial charge in [0.05, 0.1) is 0 Å². The molecule has 0 aliphatic carbocycles. The Kier molecular flexibility index (Phi) is 3.86. The number of hydrogen-bond acceptors (Lipinski definition) is 1. The number of fused-ring (bicyclic) bond motifs is 1. The van der Waals surface area contributed by atoms with E-state index in [9.17, 15) is 9.18 Å². The molecular formula is C17H14ClFN2O. The van der Waals surface area contributed by atoms with Crippen LogP contribution in [0.1, 0.15) is 21.6 Å². The minimum absolute atomic E-state index is 0.218. The van der Waals surface area contributed by atoms with Gasteiger partial charge in [-0.3, -0.25) is 4.79 Å². The molecule has 2 aromatic carbocycles. The van der Waals surface area contributed by atoms with Gasteiger partial charge >= 0.3 is 0 Å².